The van der Waals surface area contributed by atoms with Crippen LogP contribution in [0, 0.1) is 6.92 Å². The zero-order valence-corrected chi connectivity index (χ0v) is 14.6. The molecule has 1 saturated heterocycles. The molecule has 2 fully saturated rings. The third-order valence-corrected chi connectivity index (χ3v) is 4.99. The molecule has 132 valence electrons. The van der Waals surface area contributed by atoms with Crippen LogP contribution in [-0.2, 0) is 6.54 Å². The van der Waals surface area contributed by atoms with E-state index in [9.17, 15) is 4.79 Å². The maximum atomic E-state index is 11.8. The van der Waals surface area contributed by atoms with Crippen LogP contribution in [0.15, 0.2) is 29.3 Å². The molecule has 2 aromatic heterocycles. The summed E-state index contributed by atoms with van der Waals surface area (Å²) in [7, 11) is 0. The molecule has 0 amide bonds. The summed E-state index contributed by atoms with van der Waals surface area (Å²) in [6, 6.07) is 5.51. The van der Waals surface area contributed by atoms with Crippen molar-refractivity contribution < 1.29 is 0 Å². The predicted molar refractivity (Wildman–Crippen MR) is 95.9 cm³/mol. The molecule has 0 N–H and O–H groups in total. The monoisotopic (exact) mass is 340 g/mol. The minimum Gasteiger partial charge on any atom is -0.354 e. The van der Waals surface area contributed by atoms with E-state index in [4.69, 9.17) is 0 Å². The fourth-order valence-corrected chi connectivity index (χ4v) is 3.28. The minimum atomic E-state index is -0.0298. The first-order valence-corrected chi connectivity index (χ1v) is 9.03. The Balaban J connectivity index is 1.31. The van der Waals surface area contributed by atoms with E-state index in [1.807, 2.05) is 6.92 Å². The van der Waals surface area contributed by atoms with Gasteiger partial charge in [-0.15, -0.1) is 0 Å². The van der Waals surface area contributed by atoms with Gasteiger partial charge in [0.25, 0.3) is 5.56 Å². The number of nitrogens with zero attached hydrogens (tertiary/aromatic N) is 6. The smallest absolute Gasteiger partial charge is 0.266 e. The van der Waals surface area contributed by atoms with E-state index < -0.39 is 0 Å². The van der Waals surface area contributed by atoms with Crippen LogP contribution in [0.5, 0.6) is 0 Å². The Morgan fingerprint density at radius 1 is 1.08 bits per heavy atom. The van der Waals surface area contributed by atoms with Crippen LogP contribution in [-0.4, -0.2) is 57.4 Å². The Labute approximate surface area is 147 Å². The molecule has 0 atom stereocenters. The van der Waals surface area contributed by atoms with Crippen LogP contribution >= 0.6 is 0 Å². The quantitative estimate of drug-likeness (QED) is 0.810. The highest BCUT2D eigenvalue weighted by Gasteiger charge is 2.26. The van der Waals surface area contributed by atoms with Crippen LogP contribution in [0.4, 0.5) is 5.82 Å². The number of hydrogen-bond donors (Lipinski definition) is 0. The van der Waals surface area contributed by atoms with E-state index in [1.165, 1.54) is 18.5 Å². The molecular formula is C18H24N6O. The Morgan fingerprint density at radius 3 is 2.64 bits per heavy atom. The summed E-state index contributed by atoms with van der Waals surface area (Å²) in [5, 5.41) is 4.30. The van der Waals surface area contributed by atoms with Gasteiger partial charge in [-0.05, 0) is 25.8 Å². The molecule has 7 heteroatoms. The second kappa shape index (κ2) is 6.92. The zero-order chi connectivity index (χ0) is 17.2. The lowest BCUT2D eigenvalue weighted by atomic mass is 10.2. The van der Waals surface area contributed by atoms with Gasteiger partial charge in [0, 0.05) is 56.5 Å². The number of hydrogen-bond acceptors (Lipinski definition) is 6. The third-order valence-electron chi connectivity index (χ3n) is 4.99. The minimum absolute atomic E-state index is 0.0298. The molecule has 0 radical (unpaired) electrons. The van der Waals surface area contributed by atoms with Gasteiger partial charge in [-0.2, -0.15) is 5.10 Å². The van der Waals surface area contributed by atoms with Crippen molar-refractivity contribution in [3.8, 4) is 0 Å². The lowest BCUT2D eigenvalue weighted by Gasteiger charge is -2.35. The fraction of sp³-hybridized carbons (Fsp3) is 0.556. The highest BCUT2D eigenvalue weighted by molar-refractivity contribution is 5.41. The van der Waals surface area contributed by atoms with Gasteiger partial charge in [0.15, 0.2) is 0 Å². The fourth-order valence-electron chi connectivity index (χ4n) is 3.28. The predicted octanol–water partition coefficient (Wildman–Crippen LogP) is 1.04. The van der Waals surface area contributed by atoms with Gasteiger partial charge in [-0.1, -0.05) is 0 Å². The summed E-state index contributed by atoms with van der Waals surface area (Å²) < 4.78 is 1.56. The average Bonchev–Trinajstić information content (AvgIpc) is 3.48. The summed E-state index contributed by atoms with van der Waals surface area (Å²) in [4.78, 5) is 25.4. The Hall–Kier alpha value is -2.28. The molecule has 2 aromatic rings. The standard InChI is InChI=1S/C18H24N6O/c1-14-2-5-18(25)24(21-14)11-8-22-6-9-23(10-7-22)17-12-16(15-3-4-15)19-13-20-17/h2,5,12-13,15H,3-4,6-11H2,1H3. The summed E-state index contributed by atoms with van der Waals surface area (Å²) in [5.41, 5.74) is 2.04. The molecule has 0 aromatic carbocycles. The number of anilines is 1. The van der Waals surface area contributed by atoms with Crippen molar-refractivity contribution in [3.05, 3.63) is 46.3 Å². The second-order valence-corrected chi connectivity index (χ2v) is 6.94. The van der Waals surface area contributed by atoms with Crippen molar-refractivity contribution in [3.63, 3.8) is 0 Å². The summed E-state index contributed by atoms with van der Waals surface area (Å²) >= 11 is 0. The Bertz CT molecular complexity index is 792. The van der Waals surface area contributed by atoms with Crippen LogP contribution < -0.4 is 10.5 Å². The molecule has 3 heterocycles. The molecule has 25 heavy (non-hydrogen) atoms. The largest absolute Gasteiger partial charge is 0.354 e. The van der Waals surface area contributed by atoms with Crippen molar-refractivity contribution in [2.24, 2.45) is 0 Å². The summed E-state index contributed by atoms with van der Waals surface area (Å²) in [6.45, 7) is 7.26. The number of rotatable bonds is 5. The zero-order valence-electron chi connectivity index (χ0n) is 14.6. The van der Waals surface area contributed by atoms with E-state index in [1.54, 1.807) is 23.1 Å². The van der Waals surface area contributed by atoms with Crippen molar-refractivity contribution in [2.75, 3.05) is 37.6 Å². The van der Waals surface area contributed by atoms with Gasteiger partial charge >= 0.3 is 0 Å². The maximum Gasteiger partial charge on any atom is 0.266 e. The van der Waals surface area contributed by atoms with Crippen LogP contribution in [0.1, 0.15) is 30.1 Å². The lowest BCUT2D eigenvalue weighted by molar-refractivity contribution is 0.242. The Morgan fingerprint density at radius 2 is 1.88 bits per heavy atom. The molecule has 0 spiro atoms. The third kappa shape index (κ3) is 3.87. The summed E-state index contributed by atoms with van der Waals surface area (Å²) in [5.74, 6) is 1.70. The van der Waals surface area contributed by atoms with Gasteiger partial charge in [-0.3, -0.25) is 9.69 Å². The van der Waals surface area contributed by atoms with Crippen molar-refractivity contribution in [2.45, 2.75) is 32.2 Å². The highest BCUT2D eigenvalue weighted by atomic mass is 16.1. The van der Waals surface area contributed by atoms with E-state index in [2.05, 4.69) is 30.9 Å². The average molecular weight is 340 g/mol. The van der Waals surface area contributed by atoms with Crippen LogP contribution in [0.25, 0.3) is 0 Å². The molecular weight excluding hydrogens is 316 g/mol. The second-order valence-electron chi connectivity index (χ2n) is 6.94. The maximum absolute atomic E-state index is 11.8. The molecule has 0 bridgehead atoms. The number of aromatic nitrogens is 4. The van der Waals surface area contributed by atoms with Crippen molar-refractivity contribution in [1.29, 1.82) is 0 Å². The summed E-state index contributed by atoms with van der Waals surface area (Å²) in [6.07, 6.45) is 4.22. The molecule has 2 aliphatic rings. The van der Waals surface area contributed by atoms with Gasteiger partial charge < -0.3 is 4.90 Å². The first-order valence-electron chi connectivity index (χ1n) is 9.03. The van der Waals surface area contributed by atoms with Gasteiger partial charge in [0.05, 0.1) is 12.2 Å². The van der Waals surface area contributed by atoms with E-state index >= 15 is 0 Å². The van der Waals surface area contributed by atoms with Crippen molar-refractivity contribution >= 4 is 5.82 Å². The first-order chi connectivity index (χ1) is 12.2. The van der Waals surface area contributed by atoms with Crippen LogP contribution in [0.2, 0.25) is 0 Å². The van der Waals surface area contributed by atoms with Gasteiger partial charge in [0.2, 0.25) is 0 Å². The van der Waals surface area contributed by atoms with E-state index in [0.717, 1.165) is 44.2 Å². The van der Waals surface area contributed by atoms with E-state index in [0.29, 0.717) is 12.5 Å². The first kappa shape index (κ1) is 16.2. The normalized spacial score (nSPS) is 18.5. The van der Waals surface area contributed by atoms with E-state index in [-0.39, 0.29) is 5.56 Å². The molecule has 4 rings (SSSR count). The molecule has 1 aliphatic carbocycles. The number of aryl methyl sites for hydroxylation is 1. The number of piperazine rings is 1. The molecule has 1 saturated carbocycles. The highest BCUT2D eigenvalue weighted by Crippen LogP contribution is 2.39. The Kier molecular flexibility index (Phi) is 4.48. The SMILES string of the molecule is Cc1ccc(=O)n(CCN2CCN(c3cc(C4CC4)ncn3)CC2)n1. The molecule has 0 unspecified atom stereocenters. The molecule has 7 nitrogen and oxygen atoms in total. The van der Waals surface area contributed by atoms with Crippen LogP contribution in [0.3, 0.4) is 0 Å². The van der Waals surface area contributed by atoms with Gasteiger partial charge in [0.1, 0.15) is 12.1 Å². The van der Waals surface area contributed by atoms with Crippen molar-refractivity contribution in [1.82, 2.24) is 24.6 Å². The topological polar surface area (TPSA) is 67.2 Å². The molecule has 1 aliphatic heterocycles. The lowest BCUT2D eigenvalue weighted by Crippen LogP contribution is -2.48. The van der Waals surface area contributed by atoms with Gasteiger partial charge in [-0.25, -0.2) is 14.6 Å².